The SMILES string of the molecule is COc1ccc(OC)c(C=Cc2ccc(N3C(=O)[C@H]4[C@H](CC=C5[C@H](c6c(O)cc(OC)cc6OC)C6=C(C[C@H]54)C(=O)C(Br)=CC6=O)C3=O)cc2)c1. The van der Waals surface area contributed by atoms with Gasteiger partial charge < -0.3 is 24.1 Å². The number of phenolic OH excluding ortho intramolecular Hbond substituents is 1. The van der Waals surface area contributed by atoms with E-state index in [4.69, 9.17) is 18.9 Å². The summed E-state index contributed by atoms with van der Waals surface area (Å²) in [4.78, 5) is 56.9. The van der Waals surface area contributed by atoms with Gasteiger partial charge in [0.25, 0.3) is 0 Å². The summed E-state index contributed by atoms with van der Waals surface area (Å²) in [5.74, 6) is -2.57. The quantitative estimate of drug-likeness (QED) is 0.118. The van der Waals surface area contributed by atoms with Crippen LogP contribution in [0.4, 0.5) is 5.69 Å². The van der Waals surface area contributed by atoms with Gasteiger partial charge in [0.1, 0.15) is 28.7 Å². The molecule has 1 aliphatic heterocycles. The molecule has 0 saturated carbocycles. The van der Waals surface area contributed by atoms with Crippen molar-refractivity contribution in [3.63, 3.8) is 0 Å². The Labute approximate surface area is 302 Å². The van der Waals surface area contributed by atoms with Crippen molar-refractivity contribution in [2.75, 3.05) is 33.3 Å². The number of carbonyl (C=O) groups is 4. The highest BCUT2D eigenvalue weighted by molar-refractivity contribution is 9.12. The van der Waals surface area contributed by atoms with Crippen LogP contribution in [0.2, 0.25) is 0 Å². The highest BCUT2D eigenvalue weighted by Crippen LogP contribution is 2.58. The van der Waals surface area contributed by atoms with Crippen molar-refractivity contribution < 1.29 is 43.2 Å². The van der Waals surface area contributed by atoms with Gasteiger partial charge in [-0.15, -0.1) is 0 Å². The van der Waals surface area contributed by atoms with Gasteiger partial charge in [0.05, 0.1) is 50.4 Å². The van der Waals surface area contributed by atoms with Crippen molar-refractivity contribution in [2.24, 2.45) is 17.8 Å². The molecule has 0 radical (unpaired) electrons. The lowest BCUT2D eigenvalue weighted by atomic mass is 9.59. The molecule has 10 nitrogen and oxygen atoms in total. The number of allylic oxidation sites excluding steroid dienone is 6. The van der Waals surface area contributed by atoms with Gasteiger partial charge in [-0.2, -0.15) is 0 Å². The maximum absolute atomic E-state index is 14.4. The number of aromatic hydroxyl groups is 1. The van der Waals surface area contributed by atoms with Crippen LogP contribution in [0, 0.1) is 17.8 Å². The normalized spacial score (nSPS) is 22.7. The predicted octanol–water partition coefficient (Wildman–Crippen LogP) is 6.56. The van der Waals surface area contributed by atoms with Crippen LogP contribution in [0.1, 0.15) is 35.4 Å². The van der Waals surface area contributed by atoms with Crippen molar-refractivity contribution in [1.29, 1.82) is 0 Å². The summed E-state index contributed by atoms with van der Waals surface area (Å²) >= 11 is 3.25. The average molecular weight is 753 g/mol. The Kier molecular flexibility index (Phi) is 8.93. The van der Waals surface area contributed by atoms with Crippen LogP contribution in [-0.4, -0.2) is 56.9 Å². The van der Waals surface area contributed by atoms with Crippen molar-refractivity contribution in [3.8, 4) is 28.7 Å². The van der Waals surface area contributed by atoms with E-state index in [2.05, 4.69) is 15.9 Å². The second-order valence-electron chi connectivity index (χ2n) is 12.7. The van der Waals surface area contributed by atoms with Crippen LogP contribution in [0.3, 0.4) is 0 Å². The average Bonchev–Trinajstić information content (AvgIpc) is 3.40. The molecule has 0 spiro atoms. The molecule has 1 fully saturated rings. The molecule has 1 heterocycles. The first-order valence-electron chi connectivity index (χ1n) is 16.3. The summed E-state index contributed by atoms with van der Waals surface area (Å²) in [5, 5.41) is 11.3. The molecule has 2 amide bonds. The number of halogens is 1. The van der Waals surface area contributed by atoms with Crippen LogP contribution in [0.25, 0.3) is 12.2 Å². The van der Waals surface area contributed by atoms with Crippen molar-refractivity contribution in [1.82, 2.24) is 0 Å². The van der Waals surface area contributed by atoms with Gasteiger partial charge >= 0.3 is 0 Å². The molecule has 3 aromatic rings. The molecule has 4 aliphatic rings. The fraction of sp³-hybridized carbons (Fsp3) is 0.250. The minimum absolute atomic E-state index is 0.0932. The molecule has 0 aromatic heterocycles. The van der Waals surface area contributed by atoms with Crippen molar-refractivity contribution in [2.45, 2.75) is 18.8 Å². The Morgan fingerprint density at radius 2 is 1.53 bits per heavy atom. The molecular weight excluding hydrogens is 718 g/mol. The number of nitrogens with zero attached hydrogens (tertiary/aromatic N) is 1. The third-order valence-electron chi connectivity index (χ3n) is 10.2. The summed E-state index contributed by atoms with van der Waals surface area (Å²) < 4.78 is 21.9. The molecule has 4 atom stereocenters. The molecule has 3 aromatic carbocycles. The second-order valence-corrected chi connectivity index (χ2v) is 13.6. The predicted molar refractivity (Wildman–Crippen MR) is 193 cm³/mol. The van der Waals surface area contributed by atoms with Crippen LogP contribution < -0.4 is 23.8 Å². The zero-order valence-corrected chi connectivity index (χ0v) is 29.9. The lowest BCUT2D eigenvalue weighted by molar-refractivity contribution is -0.123. The maximum atomic E-state index is 14.4. The summed E-state index contributed by atoms with van der Waals surface area (Å²) in [6.07, 6.45) is 7.27. The molecule has 3 aliphatic carbocycles. The molecule has 1 saturated heterocycles. The van der Waals surface area contributed by atoms with Gasteiger partial charge in [0, 0.05) is 46.4 Å². The minimum atomic E-state index is -0.889. The lowest BCUT2D eigenvalue weighted by Crippen LogP contribution is -2.39. The van der Waals surface area contributed by atoms with Gasteiger partial charge in [-0.05, 0) is 70.6 Å². The minimum Gasteiger partial charge on any atom is -0.507 e. The van der Waals surface area contributed by atoms with E-state index in [1.807, 2.05) is 48.6 Å². The summed E-state index contributed by atoms with van der Waals surface area (Å²) in [7, 11) is 6.09. The number of carbonyl (C=O) groups excluding carboxylic acids is 4. The van der Waals surface area contributed by atoms with Crippen molar-refractivity contribution >= 4 is 57.2 Å². The number of ketones is 2. The number of anilines is 1. The number of hydrogen-bond donors (Lipinski definition) is 1. The third kappa shape index (κ3) is 5.65. The third-order valence-corrected chi connectivity index (χ3v) is 10.8. The fourth-order valence-corrected chi connectivity index (χ4v) is 8.29. The second kappa shape index (κ2) is 13.4. The van der Waals surface area contributed by atoms with Crippen molar-refractivity contribution in [3.05, 3.63) is 105 Å². The standard InChI is InChI=1S/C40H34BrNO9/c1-48-23-11-14-32(50-3)21(15-23)8-5-20-6-9-22(10-7-20)42-39(46)26-13-12-25-27(34(26)40(42)47)18-28-35(31(44)19-29(41)38(28)45)36(25)37-30(43)16-24(49-2)17-33(37)51-4/h5-12,14-17,19,26-27,34,36,43H,13,18H2,1-4H3/t26-,27+,34-,36-/m0/s1. The zero-order chi connectivity index (χ0) is 36.1. The number of phenols is 1. The lowest BCUT2D eigenvalue weighted by Gasteiger charge is -2.42. The molecule has 11 heteroatoms. The molecule has 51 heavy (non-hydrogen) atoms. The van der Waals surface area contributed by atoms with Gasteiger partial charge in [-0.1, -0.05) is 35.9 Å². The number of benzene rings is 3. The maximum Gasteiger partial charge on any atom is 0.238 e. The Balaban J connectivity index is 1.24. The van der Waals surface area contributed by atoms with E-state index >= 15 is 0 Å². The van der Waals surface area contributed by atoms with Gasteiger partial charge in [0.2, 0.25) is 11.8 Å². The number of amides is 2. The highest BCUT2D eigenvalue weighted by Gasteiger charge is 2.57. The topological polar surface area (TPSA) is 129 Å². The van der Waals surface area contributed by atoms with Crippen LogP contribution in [-0.2, 0) is 19.2 Å². The number of imide groups is 1. The number of Topliss-reactive ketones (excluding diaryl/α,β-unsaturated/α-hetero) is 1. The van der Waals surface area contributed by atoms with E-state index in [9.17, 15) is 24.3 Å². The largest absolute Gasteiger partial charge is 0.507 e. The molecular formula is C40H34BrNO9. The molecule has 0 bridgehead atoms. The Hall–Kier alpha value is -5.42. The van der Waals surface area contributed by atoms with E-state index in [0.29, 0.717) is 28.5 Å². The molecule has 0 unspecified atom stereocenters. The monoisotopic (exact) mass is 751 g/mol. The van der Waals surface area contributed by atoms with E-state index in [1.54, 1.807) is 32.4 Å². The van der Waals surface area contributed by atoms with Gasteiger partial charge in [-0.3, -0.25) is 24.1 Å². The Morgan fingerprint density at radius 3 is 2.22 bits per heavy atom. The number of ether oxygens (including phenoxy) is 4. The van der Waals surface area contributed by atoms with Gasteiger partial charge in [-0.25, -0.2) is 0 Å². The van der Waals surface area contributed by atoms with Crippen LogP contribution >= 0.6 is 15.9 Å². The van der Waals surface area contributed by atoms with E-state index in [-0.39, 0.29) is 68.9 Å². The molecule has 1 N–H and O–H groups in total. The molecule has 260 valence electrons. The molecule has 7 rings (SSSR count). The van der Waals surface area contributed by atoms with Crippen LogP contribution in [0.15, 0.2) is 88.0 Å². The summed E-state index contributed by atoms with van der Waals surface area (Å²) in [6.45, 7) is 0. The number of methoxy groups -OCH3 is 4. The first-order chi connectivity index (χ1) is 24.6. The highest BCUT2D eigenvalue weighted by atomic mass is 79.9. The number of hydrogen-bond acceptors (Lipinski definition) is 9. The van der Waals surface area contributed by atoms with E-state index in [1.165, 1.54) is 31.3 Å². The van der Waals surface area contributed by atoms with E-state index in [0.717, 1.165) is 11.1 Å². The Bertz CT molecular complexity index is 2130. The zero-order valence-electron chi connectivity index (χ0n) is 28.3. The Morgan fingerprint density at radius 1 is 0.804 bits per heavy atom. The smallest absolute Gasteiger partial charge is 0.238 e. The first kappa shape index (κ1) is 34.0. The summed E-state index contributed by atoms with van der Waals surface area (Å²) in [6, 6.07) is 15.7. The first-order valence-corrected chi connectivity index (χ1v) is 17.1. The summed E-state index contributed by atoms with van der Waals surface area (Å²) in [5.41, 5.74) is 3.56. The fourth-order valence-electron chi connectivity index (χ4n) is 7.85. The number of rotatable bonds is 8. The van der Waals surface area contributed by atoms with Gasteiger partial charge in [0.15, 0.2) is 11.6 Å². The van der Waals surface area contributed by atoms with Crippen LogP contribution in [0.5, 0.6) is 28.7 Å². The van der Waals surface area contributed by atoms with E-state index < -0.39 is 23.7 Å². The number of fused-ring (bicyclic) bond motifs is 3.